The smallest absolute Gasteiger partial charge is 0.219 e. The van der Waals surface area contributed by atoms with Crippen molar-refractivity contribution in [2.24, 2.45) is 0 Å². The summed E-state index contributed by atoms with van der Waals surface area (Å²) in [5, 5.41) is 7.22. The predicted molar refractivity (Wildman–Crippen MR) is 141 cm³/mol. The van der Waals surface area contributed by atoms with E-state index in [2.05, 4.69) is 15.1 Å². The highest BCUT2D eigenvalue weighted by Crippen LogP contribution is 2.45. The van der Waals surface area contributed by atoms with Gasteiger partial charge in [-0.05, 0) is 38.7 Å². The zero-order valence-electron chi connectivity index (χ0n) is 20.7. The van der Waals surface area contributed by atoms with Gasteiger partial charge in [-0.1, -0.05) is 6.07 Å². The van der Waals surface area contributed by atoms with Gasteiger partial charge in [-0.3, -0.25) is 9.78 Å². The van der Waals surface area contributed by atoms with E-state index in [1.54, 1.807) is 19.3 Å². The number of anilines is 1. The van der Waals surface area contributed by atoms with Crippen LogP contribution in [0.3, 0.4) is 0 Å². The van der Waals surface area contributed by atoms with Gasteiger partial charge in [0.15, 0.2) is 15.5 Å². The van der Waals surface area contributed by atoms with Crippen LogP contribution in [0.1, 0.15) is 49.9 Å². The Kier molecular flexibility index (Phi) is 5.57. The molecule has 2 aliphatic rings. The third-order valence-corrected chi connectivity index (χ3v) is 9.57. The van der Waals surface area contributed by atoms with Crippen LogP contribution < -0.4 is 5.73 Å². The maximum absolute atomic E-state index is 12.9. The number of nitrogens with two attached hydrogens (primary N) is 1. The summed E-state index contributed by atoms with van der Waals surface area (Å²) in [6.45, 7) is 3.55. The van der Waals surface area contributed by atoms with Crippen molar-refractivity contribution in [3.8, 4) is 21.8 Å². The summed E-state index contributed by atoms with van der Waals surface area (Å²) >= 11 is 1.54. The Hall–Kier alpha value is -3.38. The topological polar surface area (TPSA) is 136 Å². The number of carbonyl (C=O) groups excluding carboxylic acids is 1. The fraction of sp³-hybridized carbons (Fsp3) is 0.400. The van der Waals surface area contributed by atoms with Crippen LogP contribution in [0.2, 0.25) is 0 Å². The van der Waals surface area contributed by atoms with Crippen molar-refractivity contribution >= 4 is 38.5 Å². The number of piperidine rings is 1. The molecular weight excluding hydrogens is 510 g/mol. The first kappa shape index (κ1) is 24.0. The van der Waals surface area contributed by atoms with Crippen LogP contribution in [0.4, 0.5) is 5.82 Å². The highest BCUT2D eigenvalue weighted by atomic mass is 32.2. The van der Waals surface area contributed by atoms with Gasteiger partial charge in [0.25, 0.3) is 0 Å². The molecule has 1 amide bonds. The number of rotatable bonds is 4. The van der Waals surface area contributed by atoms with E-state index in [-0.39, 0.29) is 34.6 Å². The Bertz CT molecular complexity index is 1630. The molecule has 2 atom stereocenters. The summed E-state index contributed by atoms with van der Waals surface area (Å²) < 4.78 is 27.2. The molecule has 0 spiro atoms. The molecule has 2 bridgehead atoms. The average molecular weight is 538 g/mol. The lowest BCUT2D eigenvalue weighted by Crippen LogP contribution is -2.45. The number of aromatic nitrogens is 5. The molecule has 2 unspecified atom stereocenters. The first-order chi connectivity index (χ1) is 17.6. The Morgan fingerprint density at radius 2 is 1.86 bits per heavy atom. The lowest BCUT2D eigenvalue weighted by Gasteiger charge is -2.38. The molecule has 2 saturated heterocycles. The summed E-state index contributed by atoms with van der Waals surface area (Å²) in [5.74, 6) is -0.00130. The molecule has 0 radical (unpaired) electrons. The maximum atomic E-state index is 12.9. The van der Waals surface area contributed by atoms with Gasteiger partial charge in [0.05, 0.1) is 17.6 Å². The molecule has 10 nitrogen and oxygen atoms in total. The maximum Gasteiger partial charge on any atom is 0.219 e. The zero-order valence-corrected chi connectivity index (χ0v) is 22.4. The van der Waals surface area contributed by atoms with Crippen molar-refractivity contribution in [1.82, 2.24) is 29.5 Å². The van der Waals surface area contributed by atoms with Crippen LogP contribution in [0.15, 0.2) is 34.8 Å². The van der Waals surface area contributed by atoms with E-state index >= 15 is 0 Å². The van der Waals surface area contributed by atoms with E-state index in [1.165, 1.54) is 15.9 Å². The van der Waals surface area contributed by atoms with Crippen LogP contribution >= 0.6 is 11.3 Å². The van der Waals surface area contributed by atoms with E-state index in [0.29, 0.717) is 29.7 Å². The molecule has 0 aliphatic carbocycles. The lowest BCUT2D eigenvalue weighted by molar-refractivity contribution is -0.133. The number of carbonyl (C=O) groups is 1. The molecule has 6 heterocycles. The molecule has 192 valence electrons. The van der Waals surface area contributed by atoms with Crippen molar-refractivity contribution in [3.63, 3.8) is 0 Å². The number of aryl methyl sites for hydroxylation is 1. The number of hydrogen-bond acceptors (Lipinski definition) is 9. The zero-order chi connectivity index (χ0) is 26.1. The number of pyridine rings is 1. The Morgan fingerprint density at radius 1 is 1.14 bits per heavy atom. The Labute approximate surface area is 218 Å². The highest BCUT2D eigenvalue weighted by Gasteiger charge is 2.44. The van der Waals surface area contributed by atoms with Crippen LogP contribution in [0.25, 0.3) is 27.5 Å². The SMILES string of the molecule is CC(=O)N1C2CCC1CC(c1nc3c(-c4ccc(-c5nc(C)cs5)nc4)cnn3c(N)c1S(C)(=O)=O)C2. The van der Waals surface area contributed by atoms with E-state index in [1.807, 2.05) is 29.3 Å². The van der Waals surface area contributed by atoms with Crippen LogP contribution in [0, 0.1) is 6.92 Å². The summed E-state index contributed by atoms with van der Waals surface area (Å²) in [5.41, 5.74) is 10.7. The van der Waals surface area contributed by atoms with Gasteiger partial charge < -0.3 is 10.6 Å². The van der Waals surface area contributed by atoms with E-state index in [4.69, 9.17) is 10.7 Å². The number of nitrogens with zero attached hydrogens (tertiary/aromatic N) is 6. The third kappa shape index (κ3) is 3.98. The van der Waals surface area contributed by atoms with Crippen LogP contribution in [-0.4, -0.2) is 62.1 Å². The Balaban J connectivity index is 1.45. The predicted octanol–water partition coefficient (Wildman–Crippen LogP) is 3.47. The van der Waals surface area contributed by atoms with Crippen molar-refractivity contribution in [3.05, 3.63) is 41.3 Å². The van der Waals surface area contributed by atoms with Crippen molar-refractivity contribution in [1.29, 1.82) is 0 Å². The van der Waals surface area contributed by atoms with E-state index in [0.717, 1.165) is 41.1 Å². The minimum absolute atomic E-state index is 0.0305. The first-order valence-corrected chi connectivity index (χ1v) is 14.9. The second kappa shape index (κ2) is 8.59. The van der Waals surface area contributed by atoms with Crippen molar-refractivity contribution in [2.75, 3.05) is 12.0 Å². The largest absolute Gasteiger partial charge is 0.382 e. The average Bonchev–Trinajstić information content (AvgIpc) is 3.54. The molecule has 0 saturated carbocycles. The first-order valence-electron chi connectivity index (χ1n) is 12.2. The fourth-order valence-electron chi connectivity index (χ4n) is 5.94. The van der Waals surface area contributed by atoms with Gasteiger partial charge in [0.2, 0.25) is 5.91 Å². The fourth-order valence-corrected chi connectivity index (χ4v) is 7.78. The monoisotopic (exact) mass is 537 g/mol. The highest BCUT2D eigenvalue weighted by molar-refractivity contribution is 7.91. The molecule has 6 rings (SSSR count). The normalized spacial score (nSPS) is 21.6. The molecule has 4 aromatic heterocycles. The second-order valence-electron chi connectivity index (χ2n) is 9.98. The molecule has 37 heavy (non-hydrogen) atoms. The molecule has 4 aromatic rings. The number of amides is 1. The van der Waals surface area contributed by atoms with Crippen LogP contribution in [-0.2, 0) is 14.6 Å². The van der Waals surface area contributed by atoms with Gasteiger partial charge in [-0.25, -0.2) is 18.4 Å². The number of thiazole rings is 1. The molecule has 2 fully saturated rings. The third-order valence-electron chi connectivity index (χ3n) is 7.43. The number of fused-ring (bicyclic) bond motifs is 3. The van der Waals surface area contributed by atoms with Gasteiger partial charge in [-0.15, -0.1) is 11.3 Å². The van der Waals surface area contributed by atoms with Gasteiger partial charge >= 0.3 is 0 Å². The van der Waals surface area contributed by atoms with Crippen LogP contribution in [0.5, 0.6) is 0 Å². The van der Waals surface area contributed by atoms with Gasteiger partial charge in [-0.2, -0.15) is 9.61 Å². The number of hydrogen-bond donors (Lipinski definition) is 1. The number of nitrogen functional groups attached to an aromatic ring is 1. The molecular formula is C25H27N7O3S2. The molecule has 2 aliphatic heterocycles. The van der Waals surface area contributed by atoms with Gasteiger partial charge in [0, 0.05) is 59.6 Å². The minimum atomic E-state index is -3.69. The summed E-state index contributed by atoms with van der Waals surface area (Å²) in [4.78, 5) is 28.2. The molecule has 2 N–H and O–H groups in total. The van der Waals surface area contributed by atoms with Gasteiger partial charge in [0.1, 0.15) is 15.7 Å². The minimum Gasteiger partial charge on any atom is -0.382 e. The summed E-state index contributed by atoms with van der Waals surface area (Å²) in [6.07, 6.45) is 7.70. The molecule has 12 heteroatoms. The second-order valence-corrected chi connectivity index (χ2v) is 12.8. The van der Waals surface area contributed by atoms with Crippen molar-refractivity contribution in [2.45, 2.75) is 62.4 Å². The van der Waals surface area contributed by atoms with E-state index < -0.39 is 9.84 Å². The Morgan fingerprint density at radius 3 is 2.43 bits per heavy atom. The quantitative estimate of drug-likeness (QED) is 0.418. The number of sulfone groups is 1. The molecule has 0 aromatic carbocycles. The lowest BCUT2D eigenvalue weighted by atomic mass is 9.87. The van der Waals surface area contributed by atoms with E-state index in [9.17, 15) is 13.2 Å². The summed E-state index contributed by atoms with van der Waals surface area (Å²) in [7, 11) is -3.69. The summed E-state index contributed by atoms with van der Waals surface area (Å²) in [6, 6.07) is 4.01. The standard InChI is InChI=1S/C25H27N7O3S2/c1-13-12-36-25(29-13)20-7-4-15(10-27-20)19-11-28-32-23(26)22(37(3,34)35)21(30-24(19)32)16-8-17-5-6-18(9-16)31(17)14(2)33/h4,7,10-12,16-18H,5-6,8-9,26H2,1-3H3. The van der Waals surface area contributed by atoms with Crippen molar-refractivity contribution < 1.29 is 13.2 Å².